The Kier molecular flexibility index (Phi) is 5.47. The average molecular weight is 449 g/mol. The number of rotatable bonds is 8. The largest absolute Gasteiger partial charge is 0.360 e. The molecule has 0 amide bonds. The first-order valence-corrected chi connectivity index (χ1v) is 15.0. The second kappa shape index (κ2) is 8.29. The summed E-state index contributed by atoms with van der Waals surface area (Å²) in [5.41, 5.74) is 6.12. The molecule has 1 fully saturated rings. The number of pyridine rings is 1. The minimum absolute atomic E-state index is 0.244. The monoisotopic (exact) mass is 448 g/mol. The van der Waals surface area contributed by atoms with Crippen molar-refractivity contribution in [3.63, 3.8) is 0 Å². The molecule has 1 saturated carbocycles. The van der Waals surface area contributed by atoms with Crippen LogP contribution in [0.2, 0.25) is 25.7 Å². The topological polar surface area (TPSA) is 44.3 Å². The molecule has 3 aromatic heterocycles. The molecule has 0 N–H and O–H groups in total. The number of aromatic nitrogens is 4. The molecular weight excluding hydrogens is 419 g/mol. The molecule has 0 unspecified atom stereocenters. The highest BCUT2D eigenvalue weighted by atomic mass is 28.3. The molecule has 4 aromatic rings. The zero-order valence-electron chi connectivity index (χ0n) is 18.9. The first-order chi connectivity index (χ1) is 15.4. The summed E-state index contributed by atoms with van der Waals surface area (Å²) in [5.74, 6) is 0.234. The van der Waals surface area contributed by atoms with E-state index in [2.05, 4.69) is 36.9 Å². The maximum atomic E-state index is 13.6. The van der Waals surface area contributed by atoms with Crippen LogP contribution in [-0.4, -0.2) is 33.8 Å². The van der Waals surface area contributed by atoms with E-state index in [0.717, 1.165) is 53.5 Å². The van der Waals surface area contributed by atoms with E-state index >= 15 is 0 Å². The maximum absolute atomic E-state index is 13.6. The Morgan fingerprint density at radius 2 is 1.81 bits per heavy atom. The van der Waals surface area contributed by atoms with Crippen LogP contribution in [0.1, 0.15) is 24.5 Å². The third-order valence-electron chi connectivity index (χ3n) is 5.96. The molecule has 0 atom stereocenters. The molecule has 5 nitrogen and oxygen atoms in total. The van der Waals surface area contributed by atoms with Crippen LogP contribution in [0, 0.1) is 5.82 Å². The smallest absolute Gasteiger partial charge is 0.139 e. The van der Waals surface area contributed by atoms with Gasteiger partial charge in [0, 0.05) is 55.9 Å². The lowest BCUT2D eigenvalue weighted by atomic mass is 9.98. The molecule has 5 rings (SSSR count). The molecule has 166 valence electrons. The average Bonchev–Trinajstić information content (AvgIpc) is 3.36. The summed E-state index contributed by atoms with van der Waals surface area (Å²) in [4.78, 5) is 4.37. The van der Waals surface area contributed by atoms with Crippen LogP contribution in [0.25, 0.3) is 28.0 Å². The summed E-state index contributed by atoms with van der Waals surface area (Å²) in [5, 5.41) is 5.01. The Morgan fingerprint density at radius 1 is 1.06 bits per heavy atom. The molecule has 3 heterocycles. The predicted octanol–water partition coefficient (Wildman–Crippen LogP) is 6.19. The van der Waals surface area contributed by atoms with E-state index in [1.165, 1.54) is 17.8 Å². The molecule has 0 saturated heterocycles. The van der Waals surface area contributed by atoms with Crippen molar-refractivity contribution in [2.24, 2.45) is 0 Å². The van der Waals surface area contributed by atoms with E-state index in [9.17, 15) is 4.39 Å². The molecule has 0 aliphatic heterocycles. The second-order valence-corrected chi connectivity index (χ2v) is 15.5. The lowest BCUT2D eigenvalue weighted by Gasteiger charge is -2.16. The standard InChI is InChI=1S/C25H29FN4OSi/c1-32(2,3)15-14-31-17-30-25(19-4-5-19)23(20-8-11-22-27-12-13-29(22)16-20)24(28-30)18-6-9-21(26)10-7-18/h6-13,16,19H,4-5,14-15,17H2,1-3H3. The van der Waals surface area contributed by atoms with Crippen LogP contribution in [0.5, 0.6) is 0 Å². The van der Waals surface area contributed by atoms with Gasteiger partial charge in [-0.3, -0.25) is 0 Å². The van der Waals surface area contributed by atoms with E-state index in [1.807, 2.05) is 33.5 Å². The maximum Gasteiger partial charge on any atom is 0.139 e. The number of hydrogen-bond acceptors (Lipinski definition) is 3. The quantitative estimate of drug-likeness (QED) is 0.238. The van der Waals surface area contributed by atoms with Gasteiger partial charge in [0.25, 0.3) is 0 Å². The highest BCUT2D eigenvalue weighted by Crippen LogP contribution is 2.47. The van der Waals surface area contributed by atoms with E-state index in [0.29, 0.717) is 12.6 Å². The van der Waals surface area contributed by atoms with Crippen LogP contribution in [-0.2, 0) is 11.5 Å². The number of hydrogen-bond donors (Lipinski definition) is 0. The number of fused-ring (bicyclic) bond motifs is 1. The van der Waals surface area contributed by atoms with Crippen LogP contribution < -0.4 is 0 Å². The van der Waals surface area contributed by atoms with Crippen molar-refractivity contribution in [2.45, 2.75) is 51.2 Å². The first kappa shape index (κ1) is 21.1. The van der Waals surface area contributed by atoms with E-state index < -0.39 is 8.07 Å². The van der Waals surface area contributed by atoms with Crippen molar-refractivity contribution in [3.05, 3.63) is 66.5 Å². The fraction of sp³-hybridized carbons (Fsp3) is 0.360. The molecule has 0 bridgehead atoms. The summed E-state index contributed by atoms with van der Waals surface area (Å²) in [6.07, 6.45) is 8.18. The van der Waals surface area contributed by atoms with E-state index in [1.54, 1.807) is 6.20 Å². The lowest BCUT2D eigenvalue weighted by molar-refractivity contribution is 0.0767. The third kappa shape index (κ3) is 4.40. The van der Waals surface area contributed by atoms with Crippen molar-refractivity contribution in [1.29, 1.82) is 0 Å². The van der Waals surface area contributed by atoms with Gasteiger partial charge in [0.1, 0.15) is 23.9 Å². The number of halogens is 1. The Hall–Kier alpha value is -2.77. The van der Waals surface area contributed by atoms with Gasteiger partial charge in [-0.25, -0.2) is 14.1 Å². The van der Waals surface area contributed by atoms with Gasteiger partial charge in [-0.2, -0.15) is 5.10 Å². The number of imidazole rings is 1. The number of nitrogens with zero attached hydrogens (tertiary/aromatic N) is 4. The summed E-state index contributed by atoms with van der Waals surface area (Å²) in [6, 6.07) is 11.9. The van der Waals surface area contributed by atoms with Crippen molar-refractivity contribution < 1.29 is 9.13 Å². The Balaban J connectivity index is 1.58. The Labute approximate surface area is 188 Å². The SMILES string of the molecule is C[Si](C)(C)CCOCn1nc(-c2ccc(F)cc2)c(-c2ccc3nccn3c2)c1C1CC1. The van der Waals surface area contributed by atoms with Gasteiger partial charge in [0.15, 0.2) is 0 Å². The first-order valence-electron chi connectivity index (χ1n) is 11.3. The number of benzene rings is 1. The van der Waals surface area contributed by atoms with Crippen molar-refractivity contribution in [3.8, 4) is 22.4 Å². The third-order valence-corrected chi connectivity index (χ3v) is 7.66. The molecule has 7 heteroatoms. The van der Waals surface area contributed by atoms with E-state index in [-0.39, 0.29) is 5.82 Å². The summed E-state index contributed by atoms with van der Waals surface area (Å²) >= 11 is 0. The minimum Gasteiger partial charge on any atom is -0.360 e. The summed E-state index contributed by atoms with van der Waals surface area (Å²) < 4.78 is 23.8. The fourth-order valence-electron chi connectivity index (χ4n) is 4.04. The van der Waals surface area contributed by atoms with Crippen LogP contribution >= 0.6 is 0 Å². The van der Waals surface area contributed by atoms with Crippen molar-refractivity contribution in [2.75, 3.05) is 6.61 Å². The van der Waals surface area contributed by atoms with Crippen LogP contribution in [0.4, 0.5) is 4.39 Å². The zero-order chi connectivity index (χ0) is 22.3. The Morgan fingerprint density at radius 3 is 2.53 bits per heavy atom. The van der Waals surface area contributed by atoms with Crippen LogP contribution in [0.3, 0.4) is 0 Å². The number of ether oxygens (including phenoxy) is 1. The highest BCUT2D eigenvalue weighted by molar-refractivity contribution is 6.76. The highest BCUT2D eigenvalue weighted by Gasteiger charge is 2.33. The van der Waals surface area contributed by atoms with Gasteiger partial charge in [-0.05, 0) is 55.3 Å². The molecule has 32 heavy (non-hydrogen) atoms. The van der Waals surface area contributed by atoms with E-state index in [4.69, 9.17) is 9.84 Å². The van der Waals surface area contributed by atoms with Crippen LogP contribution in [0.15, 0.2) is 55.0 Å². The fourth-order valence-corrected chi connectivity index (χ4v) is 4.79. The molecule has 0 radical (unpaired) electrons. The molecule has 0 spiro atoms. The van der Waals surface area contributed by atoms with Gasteiger partial charge in [0.2, 0.25) is 0 Å². The molecule has 1 aliphatic rings. The van der Waals surface area contributed by atoms with Gasteiger partial charge >= 0.3 is 0 Å². The minimum atomic E-state index is -1.15. The van der Waals surface area contributed by atoms with Gasteiger partial charge in [-0.1, -0.05) is 19.6 Å². The normalized spacial score (nSPS) is 14.4. The summed E-state index contributed by atoms with van der Waals surface area (Å²) in [6.45, 7) is 8.27. The van der Waals surface area contributed by atoms with Gasteiger partial charge in [0.05, 0.1) is 5.69 Å². The molecular formula is C25H29FN4OSi. The molecule has 1 aromatic carbocycles. The van der Waals surface area contributed by atoms with Crippen molar-refractivity contribution in [1.82, 2.24) is 19.2 Å². The second-order valence-electron chi connectivity index (χ2n) is 9.85. The van der Waals surface area contributed by atoms with Crippen molar-refractivity contribution >= 4 is 13.7 Å². The summed E-state index contributed by atoms with van der Waals surface area (Å²) in [7, 11) is -1.15. The zero-order valence-corrected chi connectivity index (χ0v) is 19.9. The van der Waals surface area contributed by atoms with Gasteiger partial charge < -0.3 is 9.14 Å². The predicted molar refractivity (Wildman–Crippen MR) is 128 cm³/mol. The van der Waals surface area contributed by atoms with Gasteiger partial charge in [-0.15, -0.1) is 0 Å². The molecule has 1 aliphatic carbocycles. The lowest BCUT2D eigenvalue weighted by Crippen LogP contribution is -2.22. The Bertz CT molecular complexity index is 1240.